The number of ether oxygens (including phenoxy) is 1. The second-order valence-electron chi connectivity index (χ2n) is 6.39. The number of ketones is 1. The molecule has 2 aromatic rings. The van der Waals surface area contributed by atoms with Crippen LogP contribution in [-0.4, -0.2) is 41.4 Å². The van der Waals surface area contributed by atoms with Crippen molar-refractivity contribution in [3.63, 3.8) is 0 Å². The summed E-state index contributed by atoms with van der Waals surface area (Å²) in [5, 5.41) is 11.1. The van der Waals surface area contributed by atoms with Crippen LogP contribution < -0.4 is 16.0 Å². The molecule has 0 saturated carbocycles. The molecule has 2 heterocycles. The molecular formula is C19H20N4O6. The second kappa shape index (κ2) is 9.49. The third kappa shape index (κ3) is 5.41. The molecule has 3 N–H and O–H groups in total. The third-order valence-electron chi connectivity index (χ3n) is 4.30. The maximum atomic E-state index is 12.7. The fraction of sp³-hybridized carbons (Fsp3) is 0.316. The molecule has 10 nitrogen and oxygen atoms in total. The predicted molar refractivity (Wildman–Crippen MR) is 98.2 cm³/mol. The number of amides is 3. The summed E-state index contributed by atoms with van der Waals surface area (Å²) in [6.45, 7) is 0.370. The van der Waals surface area contributed by atoms with E-state index in [1.165, 1.54) is 12.3 Å². The molecule has 0 spiro atoms. The van der Waals surface area contributed by atoms with E-state index in [1.807, 2.05) is 18.2 Å². The zero-order valence-electron chi connectivity index (χ0n) is 15.4. The number of Topliss-reactive ketones (excluding diaryl/α,β-unsaturated/α-hetero) is 1. The van der Waals surface area contributed by atoms with E-state index < -0.39 is 35.8 Å². The van der Waals surface area contributed by atoms with Crippen LogP contribution in [0.4, 0.5) is 4.79 Å². The molecular weight excluding hydrogens is 380 g/mol. The highest BCUT2D eigenvalue weighted by atomic mass is 16.5. The highest BCUT2D eigenvalue weighted by molar-refractivity contribution is 6.38. The van der Waals surface area contributed by atoms with Gasteiger partial charge < -0.3 is 25.2 Å². The fourth-order valence-corrected chi connectivity index (χ4v) is 2.80. The van der Waals surface area contributed by atoms with Crippen molar-refractivity contribution in [3.8, 4) is 0 Å². The Bertz CT molecular complexity index is 868. The van der Waals surface area contributed by atoms with Crippen molar-refractivity contribution in [2.45, 2.75) is 31.5 Å². The Hall–Kier alpha value is -3.69. The van der Waals surface area contributed by atoms with Crippen molar-refractivity contribution in [2.24, 2.45) is 0 Å². The van der Waals surface area contributed by atoms with Crippen LogP contribution in [0.15, 0.2) is 47.2 Å². The summed E-state index contributed by atoms with van der Waals surface area (Å²) in [7, 11) is 0. The Morgan fingerprint density at radius 2 is 2.03 bits per heavy atom. The van der Waals surface area contributed by atoms with Gasteiger partial charge in [0.05, 0.1) is 6.04 Å². The topological polar surface area (TPSA) is 140 Å². The third-order valence-corrected chi connectivity index (χ3v) is 4.30. The molecule has 1 aromatic carbocycles. The monoisotopic (exact) mass is 400 g/mol. The van der Waals surface area contributed by atoms with Crippen molar-refractivity contribution < 1.29 is 28.4 Å². The van der Waals surface area contributed by atoms with Crippen LogP contribution in [0.2, 0.25) is 0 Å². The SMILES string of the molecule is O=C(NC(C(=O)NC1CCCNC(=O)C1=O)c1ccon1)OCc1ccccc1. The van der Waals surface area contributed by atoms with Crippen LogP contribution in [0, 0.1) is 0 Å². The smallest absolute Gasteiger partial charge is 0.408 e. The number of carbonyl (C=O) groups excluding carboxylic acids is 4. The highest BCUT2D eigenvalue weighted by Crippen LogP contribution is 2.13. The summed E-state index contributed by atoms with van der Waals surface area (Å²) in [6.07, 6.45) is 1.23. The van der Waals surface area contributed by atoms with Gasteiger partial charge in [-0.25, -0.2) is 4.79 Å². The molecule has 0 bridgehead atoms. The normalized spacial score (nSPS) is 17.6. The molecule has 1 aliphatic rings. The van der Waals surface area contributed by atoms with Gasteiger partial charge in [-0.05, 0) is 18.4 Å². The molecule has 1 aliphatic heterocycles. The molecule has 152 valence electrons. The zero-order chi connectivity index (χ0) is 20.6. The molecule has 3 amide bonds. The van der Waals surface area contributed by atoms with Crippen LogP contribution in [-0.2, 0) is 25.7 Å². The minimum atomic E-state index is -1.25. The number of hydrogen-bond acceptors (Lipinski definition) is 7. The van der Waals surface area contributed by atoms with Gasteiger partial charge in [0, 0.05) is 12.6 Å². The maximum Gasteiger partial charge on any atom is 0.408 e. The molecule has 2 atom stereocenters. The van der Waals surface area contributed by atoms with Crippen LogP contribution >= 0.6 is 0 Å². The maximum absolute atomic E-state index is 12.7. The average molecular weight is 400 g/mol. The summed E-state index contributed by atoms with van der Waals surface area (Å²) >= 11 is 0. The Balaban J connectivity index is 1.65. The number of aromatic nitrogens is 1. The lowest BCUT2D eigenvalue weighted by molar-refractivity contribution is -0.139. The fourth-order valence-electron chi connectivity index (χ4n) is 2.80. The minimum absolute atomic E-state index is 0.0150. The number of rotatable bonds is 6. The molecule has 10 heteroatoms. The molecule has 1 saturated heterocycles. The number of carbonyl (C=O) groups is 4. The van der Waals surface area contributed by atoms with Crippen molar-refractivity contribution in [3.05, 3.63) is 53.9 Å². The number of benzene rings is 1. The van der Waals surface area contributed by atoms with E-state index in [4.69, 9.17) is 9.26 Å². The van der Waals surface area contributed by atoms with E-state index >= 15 is 0 Å². The molecule has 3 rings (SSSR count). The van der Waals surface area contributed by atoms with Crippen molar-refractivity contribution >= 4 is 23.7 Å². The lowest BCUT2D eigenvalue weighted by Crippen LogP contribution is -2.49. The second-order valence-corrected chi connectivity index (χ2v) is 6.39. The molecule has 0 radical (unpaired) electrons. The summed E-state index contributed by atoms with van der Waals surface area (Å²) in [6, 6.07) is 8.20. The van der Waals surface area contributed by atoms with Gasteiger partial charge in [0.1, 0.15) is 18.6 Å². The summed E-state index contributed by atoms with van der Waals surface area (Å²) in [4.78, 5) is 48.7. The first kappa shape index (κ1) is 20.1. The van der Waals surface area contributed by atoms with Gasteiger partial charge in [0.15, 0.2) is 6.04 Å². The van der Waals surface area contributed by atoms with Gasteiger partial charge in [-0.1, -0.05) is 35.5 Å². The van der Waals surface area contributed by atoms with Crippen LogP contribution in [0.1, 0.15) is 30.1 Å². The van der Waals surface area contributed by atoms with E-state index in [2.05, 4.69) is 21.1 Å². The first-order valence-electron chi connectivity index (χ1n) is 9.04. The van der Waals surface area contributed by atoms with Crippen molar-refractivity contribution in [2.75, 3.05) is 6.54 Å². The van der Waals surface area contributed by atoms with Crippen molar-refractivity contribution in [1.29, 1.82) is 0 Å². The van der Waals surface area contributed by atoms with Gasteiger partial charge >= 0.3 is 6.09 Å². The number of nitrogens with one attached hydrogen (secondary N) is 3. The molecule has 1 fully saturated rings. The minimum Gasteiger partial charge on any atom is -0.445 e. The van der Waals surface area contributed by atoms with Crippen LogP contribution in [0.25, 0.3) is 0 Å². The van der Waals surface area contributed by atoms with Crippen molar-refractivity contribution in [1.82, 2.24) is 21.1 Å². The predicted octanol–water partition coefficient (Wildman–Crippen LogP) is 0.606. The van der Waals surface area contributed by atoms with Gasteiger partial charge in [-0.3, -0.25) is 14.4 Å². The Morgan fingerprint density at radius 3 is 2.76 bits per heavy atom. The lowest BCUT2D eigenvalue weighted by atomic mass is 10.1. The number of nitrogens with zero attached hydrogens (tertiary/aromatic N) is 1. The summed E-state index contributed by atoms with van der Waals surface area (Å²) < 4.78 is 9.89. The van der Waals surface area contributed by atoms with E-state index in [9.17, 15) is 19.2 Å². The summed E-state index contributed by atoms with van der Waals surface area (Å²) in [5.74, 6) is -2.19. The van der Waals surface area contributed by atoms with Crippen LogP contribution in [0.3, 0.4) is 0 Å². The average Bonchev–Trinajstić information content (AvgIpc) is 3.22. The molecule has 2 unspecified atom stereocenters. The first-order valence-corrected chi connectivity index (χ1v) is 9.04. The van der Waals surface area contributed by atoms with E-state index in [0.717, 1.165) is 5.56 Å². The number of alkyl carbamates (subject to hydrolysis) is 1. The largest absolute Gasteiger partial charge is 0.445 e. The number of hydrogen-bond donors (Lipinski definition) is 3. The Labute approximate surface area is 166 Å². The molecule has 1 aromatic heterocycles. The van der Waals surface area contributed by atoms with Gasteiger partial charge in [-0.15, -0.1) is 0 Å². The lowest BCUT2D eigenvalue weighted by Gasteiger charge is -2.20. The Kier molecular flexibility index (Phi) is 6.56. The molecule has 0 aliphatic carbocycles. The van der Waals surface area contributed by atoms with Gasteiger partial charge in [0.25, 0.3) is 5.91 Å². The Morgan fingerprint density at radius 1 is 1.24 bits per heavy atom. The zero-order valence-corrected chi connectivity index (χ0v) is 15.4. The van der Waals surface area contributed by atoms with E-state index in [-0.39, 0.29) is 12.3 Å². The standard InChI is InChI=1S/C19H20N4O6/c24-16-14(7-4-9-20-18(16)26)21-17(25)15(13-8-10-29-23-13)22-19(27)28-11-12-5-2-1-3-6-12/h1-3,5-6,8,10,14-15H,4,7,9,11H2,(H,20,26)(H,21,25)(H,22,27). The molecule has 29 heavy (non-hydrogen) atoms. The first-order chi connectivity index (χ1) is 14.0. The van der Waals surface area contributed by atoms with Crippen LogP contribution in [0.5, 0.6) is 0 Å². The van der Waals surface area contributed by atoms with Gasteiger partial charge in [-0.2, -0.15) is 0 Å². The summed E-state index contributed by atoms with van der Waals surface area (Å²) in [5.41, 5.74) is 0.907. The van der Waals surface area contributed by atoms with Gasteiger partial charge in [0.2, 0.25) is 11.7 Å². The van der Waals surface area contributed by atoms with E-state index in [0.29, 0.717) is 19.4 Å². The quantitative estimate of drug-likeness (QED) is 0.604. The highest BCUT2D eigenvalue weighted by Gasteiger charge is 2.33. The van der Waals surface area contributed by atoms with E-state index in [1.54, 1.807) is 12.1 Å².